The lowest BCUT2D eigenvalue weighted by molar-refractivity contribution is -0.0510. The number of ether oxygens (including phenoxy) is 1. The highest BCUT2D eigenvalue weighted by atomic mass is 19.1. The lowest BCUT2D eigenvalue weighted by Gasteiger charge is -2.17. The Hall–Kier alpha value is -2.33. The van der Waals surface area contributed by atoms with Gasteiger partial charge in [-0.25, -0.2) is 14.4 Å². The van der Waals surface area contributed by atoms with Crippen molar-refractivity contribution in [1.82, 2.24) is 19.5 Å². The first-order valence-electron chi connectivity index (χ1n) is 7.39. The molecule has 0 saturated carbocycles. The van der Waals surface area contributed by atoms with Crippen molar-refractivity contribution in [2.45, 2.75) is 24.5 Å². The first kappa shape index (κ1) is 15.2. The normalized spacial score (nSPS) is 27.2. The van der Waals surface area contributed by atoms with Gasteiger partial charge in [-0.15, -0.1) is 0 Å². The van der Waals surface area contributed by atoms with Crippen LogP contribution in [0.5, 0.6) is 0 Å². The van der Waals surface area contributed by atoms with Crippen molar-refractivity contribution >= 4 is 11.0 Å². The third kappa shape index (κ3) is 2.13. The molecule has 0 bridgehead atoms. The van der Waals surface area contributed by atoms with E-state index in [1.165, 1.54) is 10.9 Å². The van der Waals surface area contributed by atoms with Crippen LogP contribution < -0.4 is 0 Å². The first-order valence-corrected chi connectivity index (χ1v) is 7.39. The number of halogens is 1. The maximum absolute atomic E-state index is 14.6. The number of aromatic amines is 1. The second-order valence-electron chi connectivity index (χ2n) is 5.62. The highest BCUT2D eigenvalue weighted by molar-refractivity contribution is 5.90. The molecule has 0 amide bonds. The van der Waals surface area contributed by atoms with Gasteiger partial charge in [0.05, 0.1) is 17.7 Å². The Labute approximate surface area is 135 Å². The molecule has 3 aromatic heterocycles. The number of fused-ring (bicyclic) bond motifs is 1. The SMILES string of the molecule is OC[C@H]1O[C@@H](n2cc(F)c3c(-c4ccc[nH]4)ncnc32)C(O)[C@@H]1O. The van der Waals surface area contributed by atoms with Crippen molar-refractivity contribution in [2.75, 3.05) is 6.61 Å². The fourth-order valence-electron chi connectivity index (χ4n) is 3.03. The molecule has 126 valence electrons. The van der Waals surface area contributed by atoms with E-state index in [0.29, 0.717) is 11.4 Å². The molecule has 3 aromatic rings. The first-order chi connectivity index (χ1) is 11.6. The molecule has 1 fully saturated rings. The predicted molar refractivity (Wildman–Crippen MR) is 80.3 cm³/mol. The zero-order chi connectivity index (χ0) is 16.8. The number of nitrogens with zero attached hydrogens (tertiary/aromatic N) is 3. The molecule has 4 atom stereocenters. The van der Waals surface area contributed by atoms with E-state index in [2.05, 4.69) is 15.0 Å². The van der Waals surface area contributed by atoms with E-state index >= 15 is 0 Å². The Kier molecular flexibility index (Phi) is 3.57. The Bertz CT molecular complexity index is 866. The predicted octanol–water partition coefficient (Wildman–Crippen LogP) is 0.177. The van der Waals surface area contributed by atoms with Gasteiger partial charge in [-0.3, -0.25) is 0 Å². The third-order valence-corrected chi connectivity index (χ3v) is 4.21. The minimum absolute atomic E-state index is 0.178. The molecule has 1 aliphatic heterocycles. The average Bonchev–Trinajstić information content (AvgIpc) is 3.29. The summed E-state index contributed by atoms with van der Waals surface area (Å²) in [4.78, 5) is 11.2. The molecule has 4 heterocycles. The second kappa shape index (κ2) is 5.64. The fourth-order valence-corrected chi connectivity index (χ4v) is 3.03. The van der Waals surface area contributed by atoms with Gasteiger partial charge in [0.2, 0.25) is 0 Å². The molecular weight excluding hydrogens is 319 g/mol. The number of hydrogen-bond donors (Lipinski definition) is 4. The maximum atomic E-state index is 14.6. The van der Waals surface area contributed by atoms with E-state index in [1.54, 1.807) is 18.3 Å². The molecule has 8 nitrogen and oxygen atoms in total. The number of aliphatic hydroxyl groups is 3. The number of nitrogens with one attached hydrogen (secondary N) is 1. The minimum Gasteiger partial charge on any atom is -0.394 e. The van der Waals surface area contributed by atoms with Crippen molar-refractivity contribution < 1.29 is 24.4 Å². The van der Waals surface area contributed by atoms with Crippen LogP contribution in [-0.4, -0.2) is 59.8 Å². The molecule has 0 aliphatic carbocycles. The highest BCUT2D eigenvalue weighted by Crippen LogP contribution is 2.35. The van der Waals surface area contributed by atoms with Crippen molar-refractivity contribution in [3.8, 4) is 11.4 Å². The summed E-state index contributed by atoms with van der Waals surface area (Å²) >= 11 is 0. The third-order valence-electron chi connectivity index (χ3n) is 4.21. The van der Waals surface area contributed by atoms with Crippen LogP contribution in [0.2, 0.25) is 0 Å². The largest absolute Gasteiger partial charge is 0.394 e. The molecular formula is C15H15FN4O4. The second-order valence-corrected chi connectivity index (χ2v) is 5.62. The van der Waals surface area contributed by atoms with Crippen LogP contribution >= 0.6 is 0 Å². The van der Waals surface area contributed by atoms with Crippen LogP contribution in [0.15, 0.2) is 30.9 Å². The fraction of sp³-hybridized carbons (Fsp3) is 0.333. The average molecular weight is 334 g/mol. The van der Waals surface area contributed by atoms with E-state index < -0.39 is 37.0 Å². The van der Waals surface area contributed by atoms with Crippen molar-refractivity contribution in [3.05, 3.63) is 36.7 Å². The zero-order valence-corrected chi connectivity index (χ0v) is 12.4. The van der Waals surface area contributed by atoms with Crippen LogP contribution in [-0.2, 0) is 4.74 Å². The van der Waals surface area contributed by atoms with Gasteiger partial charge in [0.25, 0.3) is 0 Å². The number of aromatic nitrogens is 4. The molecule has 1 unspecified atom stereocenters. The molecule has 24 heavy (non-hydrogen) atoms. The number of aliphatic hydroxyl groups excluding tert-OH is 3. The van der Waals surface area contributed by atoms with Gasteiger partial charge in [0.1, 0.15) is 36.0 Å². The molecule has 1 saturated heterocycles. The summed E-state index contributed by atoms with van der Waals surface area (Å²) in [5, 5.41) is 29.4. The summed E-state index contributed by atoms with van der Waals surface area (Å²) in [7, 11) is 0. The van der Waals surface area contributed by atoms with Crippen LogP contribution in [0.25, 0.3) is 22.4 Å². The summed E-state index contributed by atoms with van der Waals surface area (Å²) in [6, 6.07) is 3.52. The topological polar surface area (TPSA) is 116 Å². The van der Waals surface area contributed by atoms with Gasteiger partial charge in [0.15, 0.2) is 12.0 Å². The van der Waals surface area contributed by atoms with Crippen LogP contribution in [0.3, 0.4) is 0 Å². The van der Waals surface area contributed by atoms with Crippen LogP contribution in [0.4, 0.5) is 4.39 Å². The maximum Gasteiger partial charge on any atom is 0.164 e. The zero-order valence-electron chi connectivity index (χ0n) is 12.4. The van der Waals surface area contributed by atoms with Crippen molar-refractivity contribution in [3.63, 3.8) is 0 Å². The van der Waals surface area contributed by atoms with Crippen molar-refractivity contribution in [2.24, 2.45) is 0 Å². The molecule has 0 spiro atoms. The lowest BCUT2D eigenvalue weighted by atomic mass is 10.1. The van der Waals surface area contributed by atoms with Gasteiger partial charge in [-0.1, -0.05) is 0 Å². The smallest absolute Gasteiger partial charge is 0.164 e. The van der Waals surface area contributed by atoms with Gasteiger partial charge < -0.3 is 29.6 Å². The number of H-pyrrole nitrogens is 1. The van der Waals surface area contributed by atoms with E-state index in [-0.39, 0.29) is 11.0 Å². The molecule has 1 aliphatic rings. The minimum atomic E-state index is -1.32. The van der Waals surface area contributed by atoms with Crippen LogP contribution in [0.1, 0.15) is 6.23 Å². The Morgan fingerprint density at radius 2 is 2.12 bits per heavy atom. The molecule has 4 rings (SSSR count). The summed E-state index contributed by atoms with van der Waals surface area (Å²) in [6.45, 7) is -0.459. The van der Waals surface area contributed by atoms with Crippen LogP contribution in [0, 0.1) is 5.82 Å². The van der Waals surface area contributed by atoms with Gasteiger partial charge >= 0.3 is 0 Å². The summed E-state index contributed by atoms with van der Waals surface area (Å²) in [5.74, 6) is -0.576. The Morgan fingerprint density at radius 3 is 2.79 bits per heavy atom. The number of rotatable bonds is 3. The Balaban J connectivity index is 1.86. The summed E-state index contributed by atoms with van der Waals surface area (Å²) < 4.78 is 21.3. The molecule has 0 aromatic carbocycles. The van der Waals surface area contributed by atoms with Gasteiger partial charge in [-0.2, -0.15) is 0 Å². The van der Waals surface area contributed by atoms with E-state index in [4.69, 9.17) is 4.74 Å². The van der Waals surface area contributed by atoms with Gasteiger partial charge in [0, 0.05) is 12.4 Å². The molecule has 9 heteroatoms. The van der Waals surface area contributed by atoms with E-state index in [0.717, 1.165) is 6.20 Å². The van der Waals surface area contributed by atoms with E-state index in [9.17, 15) is 19.7 Å². The molecule has 4 N–H and O–H groups in total. The summed E-state index contributed by atoms with van der Waals surface area (Å²) in [5.41, 5.74) is 1.23. The van der Waals surface area contributed by atoms with Gasteiger partial charge in [-0.05, 0) is 12.1 Å². The Morgan fingerprint density at radius 1 is 1.29 bits per heavy atom. The molecule has 0 radical (unpaired) electrons. The standard InChI is InChI=1S/C15H15FN4O4/c16-7-4-20(15-13(23)12(22)9(5-21)24-15)14-10(7)11(18-6-19-14)8-2-1-3-17-8/h1-4,6,9,12-13,15,17,21-23H,5H2/t9-,12-,13?,15-/m1/s1. The van der Waals surface area contributed by atoms with E-state index in [1.807, 2.05) is 0 Å². The number of hydrogen-bond acceptors (Lipinski definition) is 6. The highest BCUT2D eigenvalue weighted by Gasteiger charge is 2.44. The quantitative estimate of drug-likeness (QED) is 0.543. The van der Waals surface area contributed by atoms with Crippen molar-refractivity contribution in [1.29, 1.82) is 0 Å². The monoisotopic (exact) mass is 334 g/mol. The lowest BCUT2D eigenvalue weighted by Crippen LogP contribution is -2.33. The summed E-state index contributed by atoms with van der Waals surface area (Å²) in [6.07, 6.45) is -0.469.